The van der Waals surface area contributed by atoms with E-state index in [4.69, 9.17) is 14.2 Å². The summed E-state index contributed by atoms with van der Waals surface area (Å²) in [5.41, 5.74) is 3.28. The predicted molar refractivity (Wildman–Crippen MR) is 114 cm³/mol. The van der Waals surface area contributed by atoms with Gasteiger partial charge in [0.1, 0.15) is 11.6 Å². The first-order valence-corrected chi connectivity index (χ1v) is 10.1. The fourth-order valence-corrected chi connectivity index (χ4v) is 4.26. The first kappa shape index (κ1) is 20.3. The fourth-order valence-electron chi connectivity index (χ4n) is 4.26. The van der Waals surface area contributed by atoms with Gasteiger partial charge in [0.15, 0.2) is 11.5 Å². The molecular weight excluding hydrogens is 383 g/mol. The van der Waals surface area contributed by atoms with Gasteiger partial charge in [0.2, 0.25) is 0 Å². The third kappa shape index (κ3) is 3.87. The van der Waals surface area contributed by atoms with Gasteiger partial charge in [0.25, 0.3) is 0 Å². The van der Waals surface area contributed by atoms with Gasteiger partial charge in [-0.3, -0.25) is 4.90 Å². The van der Waals surface area contributed by atoms with Crippen LogP contribution >= 0.6 is 0 Å². The van der Waals surface area contributed by atoms with Crippen LogP contribution in [0, 0.1) is 5.82 Å². The zero-order valence-electron chi connectivity index (χ0n) is 17.6. The second-order valence-corrected chi connectivity index (χ2v) is 7.43. The molecule has 0 spiro atoms. The number of aromatic nitrogens is 1. The minimum atomic E-state index is -0.221. The number of halogens is 1. The van der Waals surface area contributed by atoms with E-state index in [-0.39, 0.29) is 11.9 Å². The lowest BCUT2D eigenvalue weighted by molar-refractivity contribution is 0.215. The number of ether oxygens (including phenoxy) is 3. The minimum Gasteiger partial charge on any atom is -0.496 e. The normalized spacial score (nSPS) is 16.6. The Labute approximate surface area is 176 Å². The summed E-state index contributed by atoms with van der Waals surface area (Å²) in [6, 6.07) is 14.8. The van der Waals surface area contributed by atoms with Gasteiger partial charge in [0, 0.05) is 43.2 Å². The second-order valence-electron chi connectivity index (χ2n) is 7.43. The number of rotatable bonds is 6. The maximum absolute atomic E-state index is 13.4. The van der Waals surface area contributed by atoms with E-state index in [1.807, 2.05) is 24.3 Å². The molecule has 3 aromatic rings. The van der Waals surface area contributed by atoms with Crippen molar-refractivity contribution in [1.29, 1.82) is 0 Å². The Morgan fingerprint density at radius 3 is 2.30 bits per heavy atom. The van der Waals surface area contributed by atoms with E-state index in [0.717, 1.165) is 36.4 Å². The van der Waals surface area contributed by atoms with E-state index in [1.54, 1.807) is 21.3 Å². The van der Waals surface area contributed by atoms with Crippen molar-refractivity contribution in [2.75, 3.05) is 27.9 Å². The Bertz CT molecular complexity index is 1000. The van der Waals surface area contributed by atoms with E-state index >= 15 is 0 Å². The van der Waals surface area contributed by atoms with Crippen molar-refractivity contribution in [2.24, 2.45) is 0 Å². The Kier molecular flexibility index (Phi) is 5.95. The largest absolute Gasteiger partial charge is 0.496 e. The number of fused-ring (bicyclic) bond motifs is 1. The SMILES string of the molecule is COc1cc(OC)c(C2c3cccn3CCCN2Cc2ccc(F)cc2)cc1OC. The molecule has 30 heavy (non-hydrogen) atoms. The number of methoxy groups -OCH3 is 3. The van der Waals surface area contributed by atoms with E-state index in [0.29, 0.717) is 18.0 Å². The van der Waals surface area contributed by atoms with Gasteiger partial charge in [-0.1, -0.05) is 12.1 Å². The molecule has 0 bridgehead atoms. The lowest BCUT2D eigenvalue weighted by Gasteiger charge is -2.32. The zero-order chi connectivity index (χ0) is 21.1. The molecule has 0 amide bonds. The molecule has 0 N–H and O–H groups in total. The highest BCUT2D eigenvalue weighted by atomic mass is 19.1. The Balaban J connectivity index is 1.83. The average Bonchev–Trinajstić information content (AvgIpc) is 3.16. The number of hydrogen-bond acceptors (Lipinski definition) is 4. The van der Waals surface area contributed by atoms with Crippen LogP contribution in [0.2, 0.25) is 0 Å². The Morgan fingerprint density at radius 2 is 1.60 bits per heavy atom. The van der Waals surface area contributed by atoms with Crippen molar-refractivity contribution < 1.29 is 18.6 Å². The molecule has 6 heteroatoms. The van der Waals surface area contributed by atoms with Crippen LogP contribution in [0.4, 0.5) is 4.39 Å². The first-order chi connectivity index (χ1) is 14.6. The van der Waals surface area contributed by atoms with Crippen molar-refractivity contribution in [2.45, 2.75) is 25.6 Å². The molecule has 0 aliphatic carbocycles. The number of benzene rings is 2. The molecule has 1 atom stereocenters. The van der Waals surface area contributed by atoms with Crippen LogP contribution in [0.1, 0.15) is 29.3 Å². The van der Waals surface area contributed by atoms with E-state index in [1.165, 1.54) is 17.8 Å². The van der Waals surface area contributed by atoms with Crippen molar-refractivity contribution in [3.63, 3.8) is 0 Å². The van der Waals surface area contributed by atoms with E-state index in [9.17, 15) is 4.39 Å². The molecule has 0 saturated heterocycles. The standard InChI is InChI=1S/C24H27FN2O3/c1-28-21-15-23(30-3)22(29-2)14-19(21)24-20-6-4-11-26(20)12-5-13-27(24)16-17-7-9-18(25)10-8-17/h4,6-11,14-15,24H,5,12-13,16H2,1-3H3. The topological polar surface area (TPSA) is 35.9 Å². The first-order valence-electron chi connectivity index (χ1n) is 10.1. The molecular formula is C24H27FN2O3. The molecule has 0 fully saturated rings. The third-order valence-electron chi connectivity index (χ3n) is 5.68. The van der Waals surface area contributed by atoms with Gasteiger partial charge in [-0.15, -0.1) is 0 Å². The van der Waals surface area contributed by atoms with Crippen LogP contribution in [0.3, 0.4) is 0 Å². The predicted octanol–water partition coefficient (Wildman–Crippen LogP) is 4.65. The van der Waals surface area contributed by atoms with Crippen LogP contribution in [0.5, 0.6) is 17.2 Å². The molecule has 4 rings (SSSR count). The quantitative estimate of drug-likeness (QED) is 0.593. The molecule has 0 radical (unpaired) electrons. The summed E-state index contributed by atoms with van der Waals surface area (Å²) >= 11 is 0. The van der Waals surface area contributed by atoms with Crippen molar-refractivity contribution in [3.8, 4) is 17.2 Å². The van der Waals surface area contributed by atoms with Gasteiger partial charge >= 0.3 is 0 Å². The third-order valence-corrected chi connectivity index (χ3v) is 5.68. The summed E-state index contributed by atoms with van der Waals surface area (Å²) in [4.78, 5) is 2.41. The molecule has 1 aliphatic rings. The van der Waals surface area contributed by atoms with Crippen LogP contribution in [0.15, 0.2) is 54.7 Å². The van der Waals surface area contributed by atoms with Crippen LogP contribution in [-0.2, 0) is 13.1 Å². The van der Waals surface area contributed by atoms with E-state index < -0.39 is 0 Å². The maximum atomic E-state index is 13.4. The highest BCUT2D eigenvalue weighted by Gasteiger charge is 2.31. The van der Waals surface area contributed by atoms with Crippen molar-refractivity contribution in [3.05, 3.63) is 77.4 Å². The summed E-state index contributed by atoms with van der Waals surface area (Å²) < 4.78 is 32.5. The summed E-state index contributed by atoms with van der Waals surface area (Å²) in [6.45, 7) is 2.56. The Hall–Kier alpha value is -2.99. The number of hydrogen-bond donors (Lipinski definition) is 0. The summed E-state index contributed by atoms with van der Waals surface area (Å²) in [5.74, 6) is 1.82. The number of aryl methyl sites for hydroxylation is 1. The fraction of sp³-hybridized carbons (Fsp3) is 0.333. The highest BCUT2D eigenvalue weighted by Crippen LogP contribution is 2.43. The lowest BCUT2D eigenvalue weighted by Crippen LogP contribution is -2.30. The lowest BCUT2D eigenvalue weighted by atomic mass is 9.99. The molecule has 2 heterocycles. The Morgan fingerprint density at radius 1 is 0.900 bits per heavy atom. The summed E-state index contributed by atoms with van der Waals surface area (Å²) in [6.07, 6.45) is 3.14. The van der Waals surface area contributed by atoms with Crippen molar-refractivity contribution >= 4 is 0 Å². The summed E-state index contributed by atoms with van der Waals surface area (Å²) in [7, 11) is 4.93. The van der Waals surface area contributed by atoms with E-state index in [2.05, 4.69) is 27.8 Å². The number of nitrogens with zero attached hydrogens (tertiary/aromatic N) is 2. The summed E-state index contributed by atoms with van der Waals surface area (Å²) in [5, 5.41) is 0. The molecule has 1 unspecified atom stereocenters. The second kappa shape index (κ2) is 8.79. The van der Waals surface area contributed by atoms with Crippen molar-refractivity contribution in [1.82, 2.24) is 9.47 Å². The molecule has 158 valence electrons. The van der Waals surface area contributed by atoms with Gasteiger partial charge < -0.3 is 18.8 Å². The van der Waals surface area contributed by atoms with Gasteiger partial charge in [-0.2, -0.15) is 0 Å². The van der Waals surface area contributed by atoms with Crippen LogP contribution in [-0.4, -0.2) is 37.3 Å². The molecule has 1 aromatic heterocycles. The zero-order valence-corrected chi connectivity index (χ0v) is 17.6. The van der Waals surface area contributed by atoms with Crippen LogP contribution in [0.25, 0.3) is 0 Å². The molecule has 2 aromatic carbocycles. The highest BCUT2D eigenvalue weighted by molar-refractivity contribution is 5.53. The smallest absolute Gasteiger partial charge is 0.164 e. The van der Waals surface area contributed by atoms with Crippen LogP contribution < -0.4 is 14.2 Å². The molecule has 0 saturated carbocycles. The average molecular weight is 410 g/mol. The molecule has 1 aliphatic heterocycles. The molecule has 5 nitrogen and oxygen atoms in total. The monoisotopic (exact) mass is 410 g/mol. The minimum absolute atomic E-state index is 0.0395. The van der Waals surface area contributed by atoms with Gasteiger partial charge in [-0.05, 0) is 42.3 Å². The van der Waals surface area contributed by atoms with Gasteiger partial charge in [0.05, 0.1) is 27.4 Å². The van der Waals surface area contributed by atoms with Gasteiger partial charge in [-0.25, -0.2) is 4.39 Å². The maximum Gasteiger partial charge on any atom is 0.164 e.